The molecule has 0 saturated heterocycles. The van der Waals surface area contributed by atoms with Crippen molar-refractivity contribution in [2.45, 2.75) is 39.7 Å². The summed E-state index contributed by atoms with van der Waals surface area (Å²) in [5.74, 6) is -0.0912. The van der Waals surface area contributed by atoms with Crippen LogP contribution in [-0.2, 0) is 11.2 Å². The van der Waals surface area contributed by atoms with E-state index >= 15 is 0 Å². The number of hydrogen-bond donors (Lipinski definition) is 2. The first-order chi connectivity index (χ1) is 7.52. The van der Waals surface area contributed by atoms with Crippen LogP contribution in [-0.4, -0.2) is 22.1 Å². The lowest BCUT2D eigenvalue weighted by molar-refractivity contribution is -0.118. The van der Waals surface area contributed by atoms with Gasteiger partial charge in [-0.3, -0.25) is 4.79 Å². The van der Waals surface area contributed by atoms with E-state index < -0.39 is 6.10 Å². The summed E-state index contributed by atoms with van der Waals surface area (Å²) >= 11 is 1.47. The molecule has 2 N–H and O–H groups in total. The first kappa shape index (κ1) is 13.1. The molecule has 1 amide bonds. The highest BCUT2D eigenvalue weighted by Gasteiger charge is 2.15. The highest BCUT2D eigenvalue weighted by Crippen LogP contribution is 2.18. The lowest BCUT2D eigenvalue weighted by atomic mass is 10.0. The van der Waals surface area contributed by atoms with Gasteiger partial charge >= 0.3 is 0 Å². The van der Waals surface area contributed by atoms with Gasteiger partial charge < -0.3 is 10.4 Å². The van der Waals surface area contributed by atoms with E-state index in [1.807, 2.05) is 20.8 Å². The fourth-order valence-electron chi connectivity index (χ4n) is 1.12. The average molecular weight is 242 g/mol. The van der Waals surface area contributed by atoms with Crippen LogP contribution < -0.4 is 5.32 Å². The van der Waals surface area contributed by atoms with E-state index in [2.05, 4.69) is 10.3 Å². The van der Waals surface area contributed by atoms with E-state index in [1.165, 1.54) is 11.3 Å². The summed E-state index contributed by atoms with van der Waals surface area (Å²) in [6.07, 6.45) is 2.21. The molecule has 1 heterocycles. The average Bonchev–Trinajstić information content (AvgIpc) is 2.65. The lowest BCUT2D eigenvalue weighted by Crippen LogP contribution is -2.23. The maximum absolute atomic E-state index is 11.5. The molecule has 0 aliphatic rings. The molecule has 1 unspecified atom stereocenters. The van der Waals surface area contributed by atoms with Crippen molar-refractivity contribution in [2.24, 2.45) is 5.92 Å². The van der Waals surface area contributed by atoms with Crippen molar-refractivity contribution >= 4 is 22.4 Å². The molecular weight excluding hydrogens is 224 g/mol. The molecule has 0 aromatic carbocycles. The number of anilines is 1. The van der Waals surface area contributed by atoms with Gasteiger partial charge in [0.1, 0.15) is 0 Å². The molecule has 0 radical (unpaired) electrons. The van der Waals surface area contributed by atoms with Crippen molar-refractivity contribution in [3.05, 3.63) is 11.1 Å². The molecule has 1 aromatic rings. The predicted octanol–water partition coefficient (Wildman–Crippen LogP) is 2.05. The number of aliphatic hydroxyl groups is 1. The van der Waals surface area contributed by atoms with Crippen molar-refractivity contribution in [3.8, 4) is 0 Å². The number of aryl methyl sites for hydroxylation is 1. The molecular formula is C11H18N2O2S. The molecule has 0 fully saturated rings. The summed E-state index contributed by atoms with van der Waals surface area (Å²) in [5.41, 5.74) is 0. The summed E-state index contributed by atoms with van der Waals surface area (Å²) in [5, 5.41) is 12.8. The topological polar surface area (TPSA) is 62.2 Å². The first-order valence-corrected chi connectivity index (χ1v) is 6.27. The van der Waals surface area contributed by atoms with Crippen LogP contribution in [0.1, 0.15) is 32.1 Å². The Morgan fingerprint density at radius 2 is 2.31 bits per heavy atom. The number of carbonyl (C=O) groups is 1. The summed E-state index contributed by atoms with van der Waals surface area (Å²) < 4.78 is 0. The van der Waals surface area contributed by atoms with Crippen LogP contribution in [0.25, 0.3) is 0 Å². The maximum atomic E-state index is 11.5. The van der Waals surface area contributed by atoms with Crippen molar-refractivity contribution in [2.75, 3.05) is 5.32 Å². The Bertz CT molecular complexity index is 350. The summed E-state index contributed by atoms with van der Waals surface area (Å²) in [7, 11) is 0. The zero-order valence-electron chi connectivity index (χ0n) is 9.86. The number of hydrogen-bond acceptors (Lipinski definition) is 4. The highest BCUT2D eigenvalue weighted by molar-refractivity contribution is 7.15. The van der Waals surface area contributed by atoms with E-state index in [0.717, 1.165) is 11.3 Å². The highest BCUT2D eigenvalue weighted by atomic mass is 32.1. The van der Waals surface area contributed by atoms with Crippen LogP contribution in [0, 0.1) is 5.92 Å². The number of aliphatic hydroxyl groups excluding tert-OH is 1. The van der Waals surface area contributed by atoms with Gasteiger partial charge in [0, 0.05) is 11.1 Å². The Balaban J connectivity index is 2.45. The van der Waals surface area contributed by atoms with E-state index in [9.17, 15) is 9.90 Å². The summed E-state index contributed by atoms with van der Waals surface area (Å²) in [4.78, 5) is 16.7. The van der Waals surface area contributed by atoms with Crippen LogP contribution in [0.15, 0.2) is 6.20 Å². The molecule has 90 valence electrons. The second kappa shape index (κ2) is 5.96. The third-order valence-corrected chi connectivity index (χ3v) is 3.37. The van der Waals surface area contributed by atoms with E-state index in [4.69, 9.17) is 0 Å². The third kappa shape index (κ3) is 3.90. The van der Waals surface area contributed by atoms with E-state index in [1.54, 1.807) is 6.20 Å². The largest absolute Gasteiger partial charge is 0.392 e. The standard InChI is InChI=1S/C11H18N2O2S/c1-4-8-6-12-11(16-8)13-10(15)5-9(14)7(2)3/h6-7,9,14H,4-5H2,1-3H3,(H,12,13,15). The summed E-state index contributed by atoms with van der Waals surface area (Å²) in [6, 6.07) is 0. The minimum atomic E-state index is -0.592. The summed E-state index contributed by atoms with van der Waals surface area (Å²) in [6.45, 7) is 5.81. The Labute approximate surface area is 99.7 Å². The lowest BCUT2D eigenvalue weighted by Gasteiger charge is -2.12. The van der Waals surface area contributed by atoms with E-state index in [-0.39, 0.29) is 18.2 Å². The smallest absolute Gasteiger partial charge is 0.228 e. The number of rotatable bonds is 5. The molecule has 1 rings (SSSR count). The maximum Gasteiger partial charge on any atom is 0.228 e. The number of amides is 1. The molecule has 0 spiro atoms. The Morgan fingerprint density at radius 3 is 2.81 bits per heavy atom. The van der Waals surface area contributed by atoms with Gasteiger partial charge in [-0.25, -0.2) is 4.98 Å². The van der Waals surface area contributed by atoms with Gasteiger partial charge in [-0.2, -0.15) is 0 Å². The van der Waals surface area contributed by atoms with Crippen molar-refractivity contribution in [1.29, 1.82) is 0 Å². The molecule has 16 heavy (non-hydrogen) atoms. The van der Waals surface area contributed by atoms with Gasteiger partial charge in [0.25, 0.3) is 0 Å². The molecule has 0 aliphatic carbocycles. The predicted molar refractivity (Wildman–Crippen MR) is 65.6 cm³/mol. The molecule has 0 saturated carbocycles. The van der Waals surface area contributed by atoms with Gasteiger partial charge in [-0.05, 0) is 12.3 Å². The number of thiazole rings is 1. The number of nitrogens with zero attached hydrogens (tertiary/aromatic N) is 1. The molecule has 4 nitrogen and oxygen atoms in total. The minimum Gasteiger partial charge on any atom is -0.392 e. The third-order valence-electron chi connectivity index (χ3n) is 2.31. The Kier molecular flexibility index (Phi) is 4.89. The van der Waals surface area contributed by atoms with Crippen molar-refractivity contribution < 1.29 is 9.90 Å². The zero-order chi connectivity index (χ0) is 12.1. The van der Waals surface area contributed by atoms with Crippen molar-refractivity contribution in [1.82, 2.24) is 4.98 Å². The number of nitrogens with one attached hydrogen (secondary N) is 1. The SMILES string of the molecule is CCc1cnc(NC(=O)CC(O)C(C)C)s1. The van der Waals surface area contributed by atoms with Crippen LogP contribution in [0.2, 0.25) is 0 Å². The molecule has 1 atom stereocenters. The minimum absolute atomic E-state index is 0.0910. The Hall–Kier alpha value is -0.940. The van der Waals surface area contributed by atoms with Crippen LogP contribution in [0.4, 0.5) is 5.13 Å². The van der Waals surface area contributed by atoms with Gasteiger partial charge in [0.05, 0.1) is 12.5 Å². The van der Waals surface area contributed by atoms with E-state index in [0.29, 0.717) is 5.13 Å². The van der Waals surface area contributed by atoms with Crippen LogP contribution in [0.3, 0.4) is 0 Å². The normalized spacial score (nSPS) is 12.8. The number of aromatic nitrogens is 1. The van der Waals surface area contributed by atoms with Gasteiger partial charge in [-0.15, -0.1) is 11.3 Å². The van der Waals surface area contributed by atoms with Crippen molar-refractivity contribution in [3.63, 3.8) is 0 Å². The van der Waals surface area contributed by atoms with Crippen LogP contribution >= 0.6 is 11.3 Å². The monoisotopic (exact) mass is 242 g/mol. The molecule has 1 aromatic heterocycles. The second-order valence-corrected chi connectivity index (χ2v) is 5.16. The zero-order valence-corrected chi connectivity index (χ0v) is 10.7. The van der Waals surface area contributed by atoms with Gasteiger partial charge in [0.2, 0.25) is 5.91 Å². The van der Waals surface area contributed by atoms with Crippen LogP contribution in [0.5, 0.6) is 0 Å². The Morgan fingerprint density at radius 1 is 1.62 bits per heavy atom. The van der Waals surface area contributed by atoms with Gasteiger partial charge in [0.15, 0.2) is 5.13 Å². The molecule has 0 aliphatic heterocycles. The quantitative estimate of drug-likeness (QED) is 0.830. The molecule has 5 heteroatoms. The first-order valence-electron chi connectivity index (χ1n) is 5.45. The number of carbonyl (C=O) groups excluding carboxylic acids is 1. The fourth-order valence-corrected chi connectivity index (χ4v) is 1.89. The van der Waals surface area contributed by atoms with Gasteiger partial charge in [-0.1, -0.05) is 20.8 Å². The molecule has 0 bridgehead atoms. The fraction of sp³-hybridized carbons (Fsp3) is 0.636. The second-order valence-electron chi connectivity index (χ2n) is 4.05.